The Morgan fingerprint density at radius 3 is 2.45 bits per heavy atom. The first-order chi connectivity index (χ1) is 19.8. The van der Waals surface area contributed by atoms with Crippen LogP contribution in [0.2, 0.25) is 0 Å². The first kappa shape index (κ1) is 33.9. The van der Waals surface area contributed by atoms with Crippen LogP contribution in [0.15, 0.2) is 64.7 Å². The van der Waals surface area contributed by atoms with E-state index in [1.807, 2.05) is 0 Å². The van der Waals surface area contributed by atoms with Gasteiger partial charge in [0.1, 0.15) is 17.8 Å². The van der Waals surface area contributed by atoms with E-state index in [0.717, 1.165) is 38.1 Å². The van der Waals surface area contributed by atoms with Gasteiger partial charge in [-0.05, 0) is 65.0 Å². The third-order valence-electron chi connectivity index (χ3n) is 6.82. The molecule has 1 aliphatic heterocycles. The molecule has 3 amide bonds. The van der Waals surface area contributed by atoms with Gasteiger partial charge < -0.3 is 20.9 Å². The smallest absolute Gasteiger partial charge is 0.358 e. The van der Waals surface area contributed by atoms with Crippen molar-refractivity contribution in [3.05, 3.63) is 65.4 Å². The highest BCUT2D eigenvalue weighted by Gasteiger charge is 2.33. The molecule has 2 heterocycles. The number of hydrogen-bond donors (Lipinski definition) is 3. The predicted octanol–water partition coefficient (Wildman–Crippen LogP) is 4.01. The Balaban J connectivity index is 2.00. The van der Waals surface area contributed by atoms with Crippen LogP contribution in [-0.2, 0) is 9.59 Å². The molecule has 1 unspecified atom stereocenters. The largest absolute Gasteiger partial charge is 0.416 e. The zero-order valence-electron chi connectivity index (χ0n) is 24.5. The number of allylic oxidation sites excluding steroid dienone is 5. The lowest BCUT2D eigenvalue weighted by atomic mass is 9.97. The average molecular weight is 590 g/mol. The molecule has 1 saturated heterocycles. The molecule has 10 nitrogen and oxygen atoms in total. The van der Waals surface area contributed by atoms with E-state index < -0.39 is 29.6 Å². The van der Waals surface area contributed by atoms with Gasteiger partial charge in [-0.1, -0.05) is 12.7 Å². The molecule has 13 heteroatoms. The van der Waals surface area contributed by atoms with Crippen molar-refractivity contribution in [1.82, 2.24) is 25.9 Å². The van der Waals surface area contributed by atoms with Crippen LogP contribution < -0.4 is 20.9 Å². The molecule has 1 fully saturated rings. The fourth-order valence-corrected chi connectivity index (χ4v) is 4.03. The molecule has 0 bridgehead atoms. The maximum atomic E-state index is 13.3. The number of halogens is 3. The van der Waals surface area contributed by atoms with Crippen LogP contribution >= 0.6 is 0 Å². The van der Waals surface area contributed by atoms with Gasteiger partial charge >= 0.3 is 6.18 Å². The maximum Gasteiger partial charge on any atom is 0.416 e. The number of amides is 3. The number of alkyl halides is 3. The summed E-state index contributed by atoms with van der Waals surface area (Å²) in [6, 6.07) is 1.12. The highest BCUT2D eigenvalue weighted by Crippen LogP contribution is 2.30. The van der Waals surface area contributed by atoms with Crippen LogP contribution in [0.1, 0.15) is 57.9 Å². The van der Waals surface area contributed by atoms with Crippen molar-refractivity contribution in [3.8, 4) is 0 Å². The molecule has 1 aromatic heterocycles. The minimum absolute atomic E-state index is 0.00565. The second kappa shape index (κ2) is 15.6. The molecule has 0 saturated carbocycles. The molecule has 0 spiro atoms. The molecule has 1 aromatic rings. The van der Waals surface area contributed by atoms with Crippen molar-refractivity contribution in [3.63, 3.8) is 0 Å². The van der Waals surface area contributed by atoms with E-state index in [-0.39, 0.29) is 22.5 Å². The zero-order valence-corrected chi connectivity index (χ0v) is 24.5. The van der Waals surface area contributed by atoms with Gasteiger partial charge in [0.05, 0.1) is 11.6 Å². The van der Waals surface area contributed by atoms with Gasteiger partial charge in [-0.15, -0.1) is 0 Å². The van der Waals surface area contributed by atoms with Gasteiger partial charge in [-0.2, -0.15) is 13.2 Å². The van der Waals surface area contributed by atoms with Crippen molar-refractivity contribution in [2.75, 3.05) is 24.5 Å². The lowest BCUT2D eigenvalue weighted by molar-refractivity contribution is -0.116. The fourth-order valence-electron chi connectivity index (χ4n) is 4.03. The summed E-state index contributed by atoms with van der Waals surface area (Å²) in [4.78, 5) is 50.6. The molecule has 0 radical (unpaired) electrons. The molecule has 1 aliphatic rings. The van der Waals surface area contributed by atoms with Gasteiger partial charge in [0.25, 0.3) is 11.8 Å². The van der Waals surface area contributed by atoms with Crippen LogP contribution in [0.4, 0.5) is 19.0 Å². The topological polar surface area (TPSA) is 129 Å². The Hall–Kier alpha value is -4.29. The zero-order chi connectivity index (χ0) is 31.4. The monoisotopic (exact) mass is 589 g/mol. The molecular formula is C29H38F3N7O3. The standard InChI is InChI=1S/C29H38F3N7O3/c1-7-18(2)24(29(30,31)32)12-20(4)37-27(41)19(3)14-34-21(5)22(6)38-28(42)25-13-26(36-16-35-25)39-10-8-23(9-11-39)15-33-17-40/h7,12-14,16-17,22-23H,1,8-11,15H2,2-6H3,(H,33,40)(H,37,41)(H,38,42)/b19-14+,20-12+,24-18+,34-21?. The second-order valence-electron chi connectivity index (χ2n) is 10.1. The minimum atomic E-state index is -4.60. The summed E-state index contributed by atoms with van der Waals surface area (Å²) in [6.07, 6.45) is 2.45. The molecule has 42 heavy (non-hydrogen) atoms. The van der Waals surface area contributed by atoms with Crippen molar-refractivity contribution in [2.24, 2.45) is 10.9 Å². The number of hydrogen-bond acceptors (Lipinski definition) is 7. The Morgan fingerprint density at radius 1 is 1.19 bits per heavy atom. The summed E-state index contributed by atoms with van der Waals surface area (Å²) >= 11 is 0. The maximum absolute atomic E-state index is 13.3. The summed E-state index contributed by atoms with van der Waals surface area (Å²) in [5.41, 5.74) is -0.124. The first-order valence-corrected chi connectivity index (χ1v) is 13.4. The Morgan fingerprint density at radius 2 is 1.86 bits per heavy atom. The van der Waals surface area contributed by atoms with Crippen LogP contribution in [0.3, 0.4) is 0 Å². The van der Waals surface area contributed by atoms with E-state index >= 15 is 0 Å². The molecular weight excluding hydrogens is 551 g/mol. The van der Waals surface area contributed by atoms with E-state index in [0.29, 0.717) is 30.4 Å². The number of piperidine rings is 1. The number of carbonyl (C=O) groups is 3. The summed E-state index contributed by atoms with van der Waals surface area (Å²) < 4.78 is 39.9. The van der Waals surface area contributed by atoms with Crippen LogP contribution in [-0.4, -0.2) is 65.8 Å². The molecule has 3 N–H and O–H groups in total. The molecule has 2 rings (SSSR count). The quantitative estimate of drug-likeness (QED) is 0.146. The number of rotatable bonds is 12. The average Bonchev–Trinajstić information content (AvgIpc) is 2.96. The molecule has 0 aromatic carbocycles. The fraction of sp³-hybridized carbons (Fsp3) is 0.448. The number of nitrogens with one attached hydrogen (secondary N) is 3. The predicted molar refractivity (Wildman–Crippen MR) is 156 cm³/mol. The van der Waals surface area contributed by atoms with Crippen molar-refractivity contribution >= 4 is 29.8 Å². The SMILES string of the molecule is C=C/C(C)=C(\C=C(/C)NC(=O)/C(C)=C/N=C(C)C(C)NC(=O)c1cc(N2CCC(CNC=O)CC2)ncn1)C(F)(F)F. The second-order valence-corrected chi connectivity index (χ2v) is 10.1. The van der Waals surface area contributed by atoms with Crippen LogP contribution in [0, 0.1) is 5.92 Å². The number of aromatic nitrogens is 2. The highest BCUT2D eigenvalue weighted by molar-refractivity contribution is 5.98. The van der Waals surface area contributed by atoms with E-state index in [1.54, 1.807) is 19.9 Å². The summed E-state index contributed by atoms with van der Waals surface area (Å²) in [7, 11) is 0. The van der Waals surface area contributed by atoms with Gasteiger partial charge in [0.2, 0.25) is 6.41 Å². The number of anilines is 1. The third-order valence-corrected chi connectivity index (χ3v) is 6.82. The number of nitrogens with zero attached hydrogens (tertiary/aromatic N) is 4. The van der Waals surface area contributed by atoms with Gasteiger partial charge in [-0.25, -0.2) is 9.97 Å². The summed E-state index contributed by atoms with van der Waals surface area (Å²) in [5, 5.41) is 7.95. The van der Waals surface area contributed by atoms with Crippen molar-refractivity contribution in [2.45, 2.75) is 59.7 Å². The Kier molecular flexibility index (Phi) is 12.6. The Bertz CT molecular complexity index is 1280. The van der Waals surface area contributed by atoms with E-state index in [2.05, 4.69) is 42.4 Å². The van der Waals surface area contributed by atoms with Gasteiger partial charge in [0.15, 0.2) is 0 Å². The van der Waals surface area contributed by atoms with Crippen molar-refractivity contribution in [1.29, 1.82) is 0 Å². The normalized spacial score (nSPS) is 16.8. The first-order valence-electron chi connectivity index (χ1n) is 13.4. The lowest BCUT2D eigenvalue weighted by Gasteiger charge is -2.32. The minimum Gasteiger partial charge on any atom is -0.358 e. The van der Waals surface area contributed by atoms with E-state index in [9.17, 15) is 27.6 Å². The number of carbonyl (C=O) groups excluding carboxylic acids is 3. The molecule has 1 atom stereocenters. The van der Waals surface area contributed by atoms with Gasteiger partial charge in [-0.3, -0.25) is 19.4 Å². The van der Waals surface area contributed by atoms with Crippen LogP contribution in [0.5, 0.6) is 0 Å². The summed E-state index contributed by atoms with van der Waals surface area (Å²) in [5.74, 6) is -0.00328. The third kappa shape index (κ3) is 10.3. The van der Waals surface area contributed by atoms with Crippen molar-refractivity contribution < 1.29 is 27.6 Å². The molecule has 0 aliphatic carbocycles. The van der Waals surface area contributed by atoms with E-state index in [4.69, 9.17) is 0 Å². The summed E-state index contributed by atoms with van der Waals surface area (Å²) in [6.45, 7) is 13.0. The van der Waals surface area contributed by atoms with Crippen LogP contribution in [0.25, 0.3) is 0 Å². The number of aliphatic imine (C=N–C) groups is 1. The van der Waals surface area contributed by atoms with Gasteiger partial charge in [0, 0.05) is 48.9 Å². The molecule has 228 valence electrons. The highest BCUT2D eigenvalue weighted by atomic mass is 19.4. The Labute approximate surface area is 244 Å². The van der Waals surface area contributed by atoms with E-state index in [1.165, 1.54) is 33.3 Å². The lowest BCUT2D eigenvalue weighted by Crippen LogP contribution is -2.39.